The molecular weight excluding hydrogens is 307 g/mol. The highest BCUT2D eigenvalue weighted by molar-refractivity contribution is 6.06. The van der Waals surface area contributed by atoms with Gasteiger partial charge in [0.1, 0.15) is 11.6 Å². The maximum absolute atomic E-state index is 13.7. The summed E-state index contributed by atoms with van der Waals surface area (Å²) in [7, 11) is 1.58. The Balaban J connectivity index is 1.82. The summed E-state index contributed by atoms with van der Waals surface area (Å²) in [6, 6.07) is 11.4. The van der Waals surface area contributed by atoms with Crippen LogP contribution < -0.4 is 15.0 Å². The van der Waals surface area contributed by atoms with Gasteiger partial charge in [0.05, 0.1) is 18.5 Å². The fourth-order valence-corrected chi connectivity index (χ4v) is 2.96. The van der Waals surface area contributed by atoms with Gasteiger partial charge in [0.25, 0.3) is 5.91 Å². The molecule has 2 aromatic carbocycles. The SMILES string of the molecule is COc1ccc(C(=O)Nc2cc(F)ccc2N2CCCCC2)cc1. The van der Waals surface area contributed by atoms with Crippen molar-refractivity contribution in [3.05, 3.63) is 53.8 Å². The second kappa shape index (κ2) is 7.34. The average molecular weight is 328 g/mol. The molecule has 0 radical (unpaired) electrons. The molecule has 0 spiro atoms. The highest BCUT2D eigenvalue weighted by atomic mass is 19.1. The predicted octanol–water partition coefficient (Wildman–Crippen LogP) is 4.08. The van der Waals surface area contributed by atoms with Gasteiger partial charge in [0, 0.05) is 18.7 Å². The Kier molecular flexibility index (Phi) is 4.99. The van der Waals surface area contributed by atoms with Gasteiger partial charge in [-0.3, -0.25) is 4.79 Å². The van der Waals surface area contributed by atoms with E-state index in [1.165, 1.54) is 18.6 Å². The lowest BCUT2D eigenvalue weighted by Gasteiger charge is -2.30. The fraction of sp³-hybridized carbons (Fsp3) is 0.316. The molecule has 1 heterocycles. The molecule has 1 saturated heterocycles. The van der Waals surface area contributed by atoms with Gasteiger partial charge >= 0.3 is 0 Å². The van der Waals surface area contributed by atoms with Crippen LogP contribution in [0.2, 0.25) is 0 Å². The van der Waals surface area contributed by atoms with E-state index in [9.17, 15) is 9.18 Å². The first-order chi connectivity index (χ1) is 11.7. The molecule has 24 heavy (non-hydrogen) atoms. The zero-order valence-corrected chi connectivity index (χ0v) is 13.7. The molecule has 1 aliphatic rings. The maximum Gasteiger partial charge on any atom is 0.255 e. The van der Waals surface area contributed by atoms with Crippen LogP contribution in [0.3, 0.4) is 0 Å². The standard InChI is InChI=1S/C19H21FN2O2/c1-24-16-8-5-14(6-9-16)19(23)21-17-13-15(20)7-10-18(17)22-11-3-2-4-12-22/h5-10,13H,2-4,11-12H2,1H3,(H,21,23). The summed E-state index contributed by atoms with van der Waals surface area (Å²) in [5.74, 6) is 0.0635. The molecule has 0 aromatic heterocycles. The molecule has 5 heteroatoms. The van der Waals surface area contributed by atoms with Gasteiger partial charge in [-0.25, -0.2) is 4.39 Å². The molecular formula is C19H21FN2O2. The number of hydrogen-bond donors (Lipinski definition) is 1. The molecule has 1 amide bonds. The van der Waals surface area contributed by atoms with Crippen molar-refractivity contribution in [2.24, 2.45) is 0 Å². The highest BCUT2D eigenvalue weighted by Gasteiger charge is 2.17. The number of methoxy groups -OCH3 is 1. The molecule has 0 aliphatic carbocycles. The number of halogens is 1. The number of carbonyl (C=O) groups excluding carboxylic acids is 1. The molecule has 3 rings (SSSR count). The van der Waals surface area contributed by atoms with Crippen molar-refractivity contribution in [1.82, 2.24) is 0 Å². The topological polar surface area (TPSA) is 41.6 Å². The number of rotatable bonds is 4. The van der Waals surface area contributed by atoms with Crippen molar-refractivity contribution in [3.63, 3.8) is 0 Å². The minimum atomic E-state index is -0.360. The van der Waals surface area contributed by atoms with Gasteiger partial charge in [-0.05, 0) is 61.7 Å². The van der Waals surface area contributed by atoms with Crippen LogP contribution in [0, 0.1) is 5.82 Å². The van der Waals surface area contributed by atoms with Crippen molar-refractivity contribution in [2.75, 3.05) is 30.4 Å². The first-order valence-corrected chi connectivity index (χ1v) is 8.17. The molecule has 1 aliphatic heterocycles. The van der Waals surface area contributed by atoms with Gasteiger partial charge in [0.2, 0.25) is 0 Å². The van der Waals surface area contributed by atoms with Crippen LogP contribution in [0.15, 0.2) is 42.5 Å². The maximum atomic E-state index is 13.7. The lowest BCUT2D eigenvalue weighted by molar-refractivity contribution is 0.102. The van der Waals surface area contributed by atoms with Crippen LogP contribution in [-0.4, -0.2) is 26.1 Å². The predicted molar refractivity (Wildman–Crippen MR) is 93.4 cm³/mol. The molecule has 1 N–H and O–H groups in total. The minimum Gasteiger partial charge on any atom is -0.497 e. The van der Waals surface area contributed by atoms with E-state index in [0.29, 0.717) is 17.0 Å². The first kappa shape index (κ1) is 16.3. The summed E-state index contributed by atoms with van der Waals surface area (Å²) >= 11 is 0. The molecule has 0 bridgehead atoms. The van der Waals surface area contributed by atoms with E-state index in [4.69, 9.17) is 4.74 Å². The summed E-state index contributed by atoms with van der Waals surface area (Å²) in [6.45, 7) is 1.86. The lowest BCUT2D eigenvalue weighted by Crippen LogP contribution is -2.30. The summed E-state index contributed by atoms with van der Waals surface area (Å²) in [4.78, 5) is 14.7. The summed E-state index contributed by atoms with van der Waals surface area (Å²) in [6.07, 6.45) is 3.44. The second-order valence-corrected chi connectivity index (χ2v) is 5.89. The fourth-order valence-electron chi connectivity index (χ4n) is 2.96. The van der Waals surface area contributed by atoms with Crippen LogP contribution in [0.5, 0.6) is 5.75 Å². The molecule has 1 fully saturated rings. The molecule has 4 nitrogen and oxygen atoms in total. The Hall–Kier alpha value is -2.56. The summed E-state index contributed by atoms with van der Waals surface area (Å²) in [5, 5.41) is 2.84. The van der Waals surface area contributed by atoms with Gasteiger partial charge in [-0.15, -0.1) is 0 Å². The van der Waals surface area contributed by atoms with E-state index < -0.39 is 0 Å². The third-order valence-corrected chi connectivity index (χ3v) is 4.26. The Bertz CT molecular complexity index is 710. The number of anilines is 2. The largest absolute Gasteiger partial charge is 0.497 e. The quantitative estimate of drug-likeness (QED) is 0.919. The van der Waals surface area contributed by atoms with Crippen LogP contribution in [0.25, 0.3) is 0 Å². The van der Waals surface area contributed by atoms with Crippen LogP contribution in [0.1, 0.15) is 29.6 Å². The van der Waals surface area contributed by atoms with Crippen LogP contribution >= 0.6 is 0 Å². The number of carbonyl (C=O) groups is 1. The number of hydrogen-bond acceptors (Lipinski definition) is 3. The van der Waals surface area contributed by atoms with Crippen molar-refractivity contribution in [3.8, 4) is 5.75 Å². The van der Waals surface area contributed by atoms with Crippen molar-refractivity contribution < 1.29 is 13.9 Å². The molecule has 2 aromatic rings. The van der Waals surface area contributed by atoms with Crippen LogP contribution in [0.4, 0.5) is 15.8 Å². The van der Waals surface area contributed by atoms with E-state index in [2.05, 4.69) is 10.2 Å². The third kappa shape index (κ3) is 3.67. The molecule has 0 unspecified atom stereocenters. The van der Waals surface area contributed by atoms with E-state index in [0.717, 1.165) is 31.6 Å². The third-order valence-electron chi connectivity index (χ3n) is 4.26. The zero-order valence-electron chi connectivity index (χ0n) is 13.7. The lowest BCUT2D eigenvalue weighted by atomic mass is 10.1. The van der Waals surface area contributed by atoms with Gasteiger partial charge in [-0.2, -0.15) is 0 Å². The molecule has 126 valence electrons. The Morgan fingerprint density at radius 3 is 2.46 bits per heavy atom. The minimum absolute atomic E-state index is 0.262. The Labute approximate surface area is 141 Å². The van der Waals surface area contributed by atoms with Crippen molar-refractivity contribution in [2.45, 2.75) is 19.3 Å². The normalized spacial score (nSPS) is 14.3. The van der Waals surface area contributed by atoms with Gasteiger partial charge in [0.15, 0.2) is 0 Å². The van der Waals surface area contributed by atoms with E-state index in [1.807, 2.05) is 0 Å². The van der Waals surface area contributed by atoms with E-state index in [1.54, 1.807) is 37.4 Å². The number of ether oxygens (including phenoxy) is 1. The highest BCUT2D eigenvalue weighted by Crippen LogP contribution is 2.29. The van der Waals surface area contributed by atoms with Crippen molar-refractivity contribution >= 4 is 17.3 Å². The van der Waals surface area contributed by atoms with E-state index in [-0.39, 0.29) is 11.7 Å². The van der Waals surface area contributed by atoms with Crippen molar-refractivity contribution in [1.29, 1.82) is 0 Å². The molecule has 0 atom stereocenters. The van der Waals surface area contributed by atoms with Gasteiger partial charge in [-0.1, -0.05) is 0 Å². The summed E-state index contributed by atoms with van der Waals surface area (Å²) < 4.78 is 18.8. The number of nitrogens with one attached hydrogen (secondary N) is 1. The van der Waals surface area contributed by atoms with Crippen LogP contribution in [-0.2, 0) is 0 Å². The van der Waals surface area contributed by atoms with E-state index >= 15 is 0 Å². The average Bonchev–Trinajstić information content (AvgIpc) is 2.62. The monoisotopic (exact) mass is 328 g/mol. The Morgan fingerprint density at radius 2 is 1.79 bits per heavy atom. The number of amides is 1. The zero-order chi connectivity index (χ0) is 16.9. The smallest absolute Gasteiger partial charge is 0.255 e. The second-order valence-electron chi connectivity index (χ2n) is 5.89. The number of nitrogens with zero attached hydrogens (tertiary/aromatic N) is 1. The Morgan fingerprint density at radius 1 is 1.08 bits per heavy atom. The first-order valence-electron chi connectivity index (χ1n) is 8.17. The van der Waals surface area contributed by atoms with Gasteiger partial charge < -0.3 is 15.0 Å². The molecule has 0 saturated carbocycles. The number of piperidine rings is 1. The number of benzene rings is 2. The summed E-state index contributed by atoms with van der Waals surface area (Å²) in [5.41, 5.74) is 1.89.